The smallest absolute Gasteiger partial charge is 0.154 e. The van der Waals surface area contributed by atoms with Gasteiger partial charge in [0.15, 0.2) is 6.29 Å². The Balaban J connectivity index is 1.87. The fourth-order valence-corrected chi connectivity index (χ4v) is 3.75. The molecule has 0 aliphatic heterocycles. The first kappa shape index (κ1) is 12.4. The normalized spacial score (nSPS) is 40.7. The molecular formula is C14H26O2. The van der Waals surface area contributed by atoms with Gasteiger partial charge in [-0.3, -0.25) is 0 Å². The first-order valence-electron chi connectivity index (χ1n) is 6.76. The van der Waals surface area contributed by atoms with Crippen LogP contribution >= 0.6 is 0 Å². The molecule has 2 fully saturated rings. The second-order valence-corrected chi connectivity index (χ2v) is 6.23. The van der Waals surface area contributed by atoms with Crippen molar-refractivity contribution < 1.29 is 9.47 Å². The fourth-order valence-electron chi connectivity index (χ4n) is 3.75. The first-order valence-corrected chi connectivity index (χ1v) is 6.76. The van der Waals surface area contributed by atoms with Gasteiger partial charge in [0.05, 0.1) is 6.61 Å². The molecule has 2 aliphatic rings. The van der Waals surface area contributed by atoms with Gasteiger partial charge < -0.3 is 9.47 Å². The van der Waals surface area contributed by atoms with Crippen molar-refractivity contribution in [2.45, 2.75) is 58.7 Å². The number of hydrogen-bond acceptors (Lipinski definition) is 2. The van der Waals surface area contributed by atoms with Gasteiger partial charge in [0.25, 0.3) is 0 Å². The van der Waals surface area contributed by atoms with Gasteiger partial charge in [-0.25, -0.2) is 0 Å². The van der Waals surface area contributed by atoms with Gasteiger partial charge in [-0.05, 0) is 43.4 Å². The minimum Gasteiger partial charge on any atom is -0.356 e. The first-order chi connectivity index (χ1) is 7.61. The van der Waals surface area contributed by atoms with Crippen molar-refractivity contribution in [3.63, 3.8) is 0 Å². The summed E-state index contributed by atoms with van der Waals surface area (Å²) in [6.45, 7) is 5.25. The monoisotopic (exact) mass is 226 g/mol. The van der Waals surface area contributed by atoms with Crippen LogP contribution in [0.4, 0.5) is 0 Å². The summed E-state index contributed by atoms with van der Waals surface area (Å²) in [6.07, 6.45) is 8.51. The zero-order chi connectivity index (χ0) is 11.6. The van der Waals surface area contributed by atoms with Crippen LogP contribution in [0, 0.1) is 17.3 Å². The fraction of sp³-hybridized carbons (Fsp3) is 1.00. The molecule has 2 rings (SSSR count). The number of methoxy groups -OCH3 is 1. The van der Waals surface area contributed by atoms with Crippen LogP contribution in [0.2, 0.25) is 0 Å². The molecule has 3 atom stereocenters. The summed E-state index contributed by atoms with van der Waals surface area (Å²) in [5.41, 5.74) is 0.404. The van der Waals surface area contributed by atoms with E-state index in [9.17, 15) is 0 Å². The summed E-state index contributed by atoms with van der Waals surface area (Å²) < 4.78 is 10.9. The predicted molar refractivity (Wildman–Crippen MR) is 65.2 cm³/mol. The molecule has 3 unspecified atom stereocenters. The third-order valence-electron chi connectivity index (χ3n) is 4.45. The van der Waals surface area contributed by atoms with E-state index in [4.69, 9.17) is 9.47 Å². The van der Waals surface area contributed by atoms with E-state index >= 15 is 0 Å². The molecule has 16 heavy (non-hydrogen) atoms. The third kappa shape index (κ3) is 2.98. The Labute approximate surface area is 99.7 Å². The van der Waals surface area contributed by atoms with E-state index in [1.54, 1.807) is 7.11 Å². The van der Waals surface area contributed by atoms with E-state index in [1.807, 2.05) is 6.92 Å². The molecule has 0 heterocycles. The lowest BCUT2D eigenvalue weighted by atomic mass is 9.62. The Morgan fingerprint density at radius 3 is 2.44 bits per heavy atom. The van der Waals surface area contributed by atoms with E-state index in [2.05, 4.69) is 6.92 Å². The largest absolute Gasteiger partial charge is 0.356 e. The van der Waals surface area contributed by atoms with Gasteiger partial charge in [-0.1, -0.05) is 26.2 Å². The molecule has 0 spiro atoms. The van der Waals surface area contributed by atoms with Gasteiger partial charge in [0, 0.05) is 7.11 Å². The van der Waals surface area contributed by atoms with Crippen molar-refractivity contribution in [3.05, 3.63) is 0 Å². The number of hydrogen-bond donors (Lipinski definition) is 0. The average molecular weight is 226 g/mol. The van der Waals surface area contributed by atoms with Crippen molar-refractivity contribution in [2.75, 3.05) is 13.7 Å². The molecular weight excluding hydrogens is 200 g/mol. The molecule has 94 valence electrons. The number of rotatable bonds is 4. The zero-order valence-corrected chi connectivity index (χ0v) is 11.0. The third-order valence-corrected chi connectivity index (χ3v) is 4.45. The highest BCUT2D eigenvalue weighted by Gasteiger charge is 2.39. The molecule has 0 aromatic heterocycles. The average Bonchev–Trinajstić information content (AvgIpc) is 2.25. The Bertz CT molecular complexity index is 215. The molecule has 0 N–H and O–H groups in total. The molecule has 0 saturated heterocycles. The van der Waals surface area contributed by atoms with Gasteiger partial charge in [-0.15, -0.1) is 0 Å². The lowest BCUT2D eigenvalue weighted by Crippen LogP contribution is -2.37. The Morgan fingerprint density at radius 2 is 1.88 bits per heavy atom. The summed E-state index contributed by atoms with van der Waals surface area (Å²) in [5, 5.41) is 0. The molecule has 2 aliphatic carbocycles. The molecule has 2 nitrogen and oxygen atoms in total. The van der Waals surface area contributed by atoms with Crippen LogP contribution in [0.1, 0.15) is 52.4 Å². The molecule has 0 amide bonds. The van der Waals surface area contributed by atoms with E-state index in [1.165, 1.54) is 38.5 Å². The van der Waals surface area contributed by atoms with Crippen LogP contribution in [0.3, 0.4) is 0 Å². The van der Waals surface area contributed by atoms with Gasteiger partial charge in [0.1, 0.15) is 0 Å². The molecule has 0 radical (unpaired) electrons. The van der Waals surface area contributed by atoms with Crippen LogP contribution in [-0.2, 0) is 9.47 Å². The maximum atomic E-state index is 5.78. The summed E-state index contributed by atoms with van der Waals surface area (Å²) in [5.74, 6) is 1.94. The standard InChI is InChI=1S/C14H26O2/c1-11(15-3)16-10-14(2)8-12-5-4-6-13(7-12)9-14/h11-13H,4-10H2,1-3H3. The van der Waals surface area contributed by atoms with E-state index in [0.29, 0.717) is 5.41 Å². The van der Waals surface area contributed by atoms with Crippen molar-refractivity contribution in [1.82, 2.24) is 0 Å². The Morgan fingerprint density at radius 1 is 1.25 bits per heavy atom. The van der Waals surface area contributed by atoms with Crippen LogP contribution in [-0.4, -0.2) is 20.0 Å². The van der Waals surface area contributed by atoms with Gasteiger partial charge >= 0.3 is 0 Å². The minimum atomic E-state index is -0.0569. The maximum absolute atomic E-state index is 5.78. The predicted octanol–water partition coefficient (Wildman–Crippen LogP) is 3.60. The second-order valence-electron chi connectivity index (χ2n) is 6.23. The van der Waals surface area contributed by atoms with Gasteiger partial charge in [-0.2, -0.15) is 0 Å². The lowest BCUT2D eigenvalue weighted by Gasteiger charge is -2.45. The van der Waals surface area contributed by atoms with Crippen LogP contribution in [0.15, 0.2) is 0 Å². The van der Waals surface area contributed by atoms with Crippen molar-refractivity contribution in [1.29, 1.82) is 0 Å². The lowest BCUT2D eigenvalue weighted by molar-refractivity contribution is -0.143. The maximum Gasteiger partial charge on any atom is 0.154 e. The molecule has 2 heteroatoms. The highest BCUT2D eigenvalue weighted by molar-refractivity contribution is 4.89. The SMILES string of the molecule is COC(C)OCC1(C)CC2CCCC(C2)C1. The topological polar surface area (TPSA) is 18.5 Å². The molecule has 2 saturated carbocycles. The van der Waals surface area contributed by atoms with E-state index in [-0.39, 0.29) is 6.29 Å². The second kappa shape index (κ2) is 5.05. The minimum absolute atomic E-state index is 0.0569. The summed E-state index contributed by atoms with van der Waals surface area (Å²) >= 11 is 0. The van der Waals surface area contributed by atoms with Crippen molar-refractivity contribution in [2.24, 2.45) is 17.3 Å². The van der Waals surface area contributed by atoms with Crippen molar-refractivity contribution in [3.8, 4) is 0 Å². The van der Waals surface area contributed by atoms with E-state index in [0.717, 1.165) is 18.4 Å². The summed E-state index contributed by atoms with van der Waals surface area (Å²) in [4.78, 5) is 0. The van der Waals surface area contributed by atoms with E-state index < -0.39 is 0 Å². The zero-order valence-electron chi connectivity index (χ0n) is 11.0. The Hall–Kier alpha value is -0.0800. The molecule has 0 aromatic rings. The molecule has 2 bridgehead atoms. The number of ether oxygens (including phenoxy) is 2. The highest BCUT2D eigenvalue weighted by Crippen LogP contribution is 2.48. The Kier molecular flexibility index (Phi) is 3.91. The van der Waals surface area contributed by atoms with Gasteiger partial charge in [0.2, 0.25) is 0 Å². The van der Waals surface area contributed by atoms with Crippen LogP contribution in [0.25, 0.3) is 0 Å². The summed E-state index contributed by atoms with van der Waals surface area (Å²) in [6, 6.07) is 0. The van der Waals surface area contributed by atoms with Crippen molar-refractivity contribution >= 4 is 0 Å². The van der Waals surface area contributed by atoms with Crippen LogP contribution < -0.4 is 0 Å². The quantitative estimate of drug-likeness (QED) is 0.682. The number of fused-ring (bicyclic) bond motifs is 2. The molecule has 0 aromatic carbocycles. The van der Waals surface area contributed by atoms with Crippen LogP contribution in [0.5, 0.6) is 0 Å². The summed E-state index contributed by atoms with van der Waals surface area (Å²) in [7, 11) is 1.71. The highest BCUT2D eigenvalue weighted by atomic mass is 16.7.